The van der Waals surface area contributed by atoms with E-state index in [9.17, 15) is 27.2 Å². The van der Waals surface area contributed by atoms with Gasteiger partial charge in [0, 0.05) is 42.4 Å². The monoisotopic (exact) mass is 608 g/mol. The number of carbonyl (C=O) groups excluding carboxylic acids is 2. The van der Waals surface area contributed by atoms with Crippen LogP contribution in [0.15, 0.2) is 71.8 Å². The predicted molar refractivity (Wildman–Crippen MR) is 158 cm³/mol. The Morgan fingerprint density at radius 1 is 0.864 bits per heavy atom. The van der Waals surface area contributed by atoms with Gasteiger partial charge in [-0.3, -0.25) is 9.59 Å². The topological polar surface area (TPSA) is 76.7 Å². The fourth-order valence-corrected chi connectivity index (χ4v) is 5.23. The van der Waals surface area contributed by atoms with Gasteiger partial charge in [0.05, 0.1) is 6.10 Å². The minimum Gasteiger partial charge on any atom is -0.492 e. The van der Waals surface area contributed by atoms with Gasteiger partial charge in [-0.1, -0.05) is 12.1 Å². The van der Waals surface area contributed by atoms with Crippen molar-refractivity contribution in [2.24, 2.45) is 0 Å². The molecule has 0 radical (unpaired) electrons. The second-order valence-corrected chi connectivity index (χ2v) is 10.8. The zero-order valence-corrected chi connectivity index (χ0v) is 23.9. The number of nitrogens with one attached hydrogen (secondary N) is 2. The maximum Gasteiger partial charge on any atom is 0.251 e. The predicted octanol–water partition coefficient (Wildman–Crippen LogP) is 6.02. The molecule has 1 aliphatic carbocycles. The molecule has 1 saturated heterocycles. The van der Waals surface area contributed by atoms with E-state index < -0.39 is 35.1 Å². The highest BCUT2D eigenvalue weighted by atomic mass is 19.2. The molecular weight excluding hydrogens is 576 g/mol. The number of ether oxygens (including phenoxy) is 2. The number of ketones is 1. The van der Waals surface area contributed by atoms with Crippen LogP contribution in [0.5, 0.6) is 5.75 Å². The molecule has 1 atom stereocenters. The van der Waals surface area contributed by atoms with Crippen molar-refractivity contribution in [1.29, 1.82) is 0 Å². The number of hydrogen-bond donors (Lipinski definition) is 2. The number of Topliss-reactive ketones (excluding diaryl/α,β-unsaturated/α-hetero) is 1. The van der Waals surface area contributed by atoms with Gasteiger partial charge in [0.1, 0.15) is 12.4 Å². The molecule has 3 aromatic rings. The van der Waals surface area contributed by atoms with E-state index in [1.807, 2.05) is 0 Å². The Kier molecular flexibility index (Phi) is 10.2. The summed E-state index contributed by atoms with van der Waals surface area (Å²) in [4.78, 5) is 26.5. The van der Waals surface area contributed by atoms with Crippen LogP contribution >= 0.6 is 0 Å². The van der Waals surface area contributed by atoms with E-state index in [4.69, 9.17) is 9.47 Å². The molecule has 44 heavy (non-hydrogen) atoms. The molecule has 1 aliphatic heterocycles. The lowest BCUT2D eigenvalue weighted by Crippen LogP contribution is -2.39. The first kappa shape index (κ1) is 31.2. The van der Waals surface area contributed by atoms with E-state index in [1.165, 1.54) is 24.3 Å². The van der Waals surface area contributed by atoms with E-state index in [0.717, 1.165) is 50.3 Å². The highest BCUT2D eigenvalue weighted by Gasteiger charge is 2.29. The summed E-state index contributed by atoms with van der Waals surface area (Å²) in [7, 11) is 0. The standard InChI is InChI=1S/C34H32F4N2O4/c35-29-9-3-21(16-31(29)37)14-24-18-26(19-25(33(24)41)15-22-4-10-30(36)32(38)17-22)40-34(42)23-5-7-27(8-6-23)44-13-11-39-20-28-2-1-12-43-28/h3-10,14-17,26,28,39H,1-2,11-13,18-20H2,(H,40,42)/b24-14+,25-15+. The van der Waals surface area contributed by atoms with Crippen molar-refractivity contribution in [3.63, 3.8) is 0 Å². The van der Waals surface area contributed by atoms with Crippen LogP contribution in [0.4, 0.5) is 17.6 Å². The molecule has 6 nitrogen and oxygen atoms in total. The van der Waals surface area contributed by atoms with Gasteiger partial charge < -0.3 is 20.1 Å². The van der Waals surface area contributed by atoms with Crippen LogP contribution in [0.2, 0.25) is 0 Å². The number of carbonyl (C=O) groups is 2. The van der Waals surface area contributed by atoms with Crippen molar-refractivity contribution < 1.29 is 36.6 Å². The van der Waals surface area contributed by atoms with Crippen LogP contribution in [0.3, 0.4) is 0 Å². The normalized spacial score (nSPS) is 20.3. The second kappa shape index (κ2) is 14.5. The highest BCUT2D eigenvalue weighted by Crippen LogP contribution is 2.30. The molecule has 1 saturated carbocycles. The van der Waals surface area contributed by atoms with Crippen LogP contribution in [0.1, 0.15) is 47.2 Å². The Morgan fingerprint density at radius 3 is 2.02 bits per heavy atom. The lowest BCUT2D eigenvalue weighted by Gasteiger charge is -2.27. The van der Waals surface area contributed by atoms with Crippen LogP contribution in [0, 0.1) is 23.3 Å². The summed E-state index contributed by atoms with van der Waals surface area (Å²) in [5.41, 5.74) is 1.41. The van der Waals surface area contributed by atoms with Gasteiger partial charge in [-0.2, -0.15) is 0 Å². The summed E-state index contributed by atoms with van der Waals surface area (Å²) >= 11 is 0. The molecule has 1 heterocycles. The molecule has 1 amide bonds. The van der Waals surface area contributed by atoms with E-state index in [1.54, 1.807) is 24.3 Å². The van der Waals surface area contributed by atoms with Gasteiger partial charge >= 0.3 is 0 Å². The van der Waals surface area contributed by atoms with E-state index in [2.05, 4.69) is 10.6 Å². The highest BCUT2D eigenvalue weighted by molar-refractivity contribution is 6.14. The largest absolute Gasteiger partial charge is 0.492 e. The smallest absolute Gasteiger partial charge is 0.251 e. The average Bonchev–Trinajstić information content (AvgIpc) is 3.53. The minimum atomic E-state index is -1.06. The van der Waals surface area contributed by atoms with Gasteiger partial charge in [0.15, 0.2) is 29.1 Å². The quantitative estimate of drug-likeness (QED) is 0.167. The number of amides is 1. The number of benzene rings is 3. The molecular formula is C34H32F4N2O4. The Labute approximate surface area is 252 Å². The van der Waals surface area contributed by atoms with Crippen molar-refractivity contribution in [2.75, 3.05) is 26.3 Å². The Bertz CT molecular complexity index is 1490. The first-order valence-electron chi connectivity index (χ1n) is 14.5. The van der Waals surface area contributed by atoms with Crippen LogP contribution in [-0.4, -0.2) is 50.1 Å². The van der Waals surface area contributed by atoms with Gasteiger partial charge in [-0.15, -0.1) is 0 Å². The molecule has 2 fully saturated rings. The van der Waals surface area contributed by atoms with Gasteiger partial charge in [-0.05, 0) is 97.5 Å². The van der Waals surface area contributed by atoms with Crippen molar-refractivity contribution in [3.05, 3.63) is 112 Å². The van der Waals surface area contributed by atoms with Crippen LogP contribution in [0.25, 0.3) is 12.2 Å². The Balaban J connectivity index is 1.26. The SMILES string of the molecule is O=C1/C(=C/c2ccc(F)c(F)c2)CC(NC(=O)c2ccc(OCCNCC3CCCO3)cc2)C/C1=C\c1ccc(F)c(F)c1. The summed E-state index contributed by atoms with van der Waals surface area (Å²) in [5, 5.41) is 6.24. The van der Waals surface area contributed by atoms with Crippen molar-refractivity contribution in [3.8, 4) is 5.75 Å². The van der Waals surface area contributed by atoms with E-state index in [0.29, 0.717) is 24.5 Å². The van der Waals surface area contributed by atoms with E-state index in [-0.39, 0.29) is 47.1 Å². The molecule has 230 valence electrons. The van der Waals surface area contributed by atoms with Crippen LogP contribution < -0.4 is 15.4 Å². The minimum absolute atomic E-state index is 0.124. The summed E-state index contributed by atoms with van der Waals surface area (Å²) in [6.45, 7) is 2.70. The molecule has 0 spiro atoms. The van der Waals surface area contributed by atoms with E-state index >= 15 is 0 Å². The third-order valence-electron chi connectivity index (χ3n) is 7.48. The van der Waals surface area contributed by atoms with Crippen LogP contribution in [-0.2, 0) is 9.53 Å². The fourth-order valence-electron chi connectivity index (χ4n) is 5.23. The lowest BCUT2D eigenvalue weighted by atomic mass is 9.83. The zero-order chi connectivity index (χ0) is 31.1. The molecule has 10 heteroatoms. The molecule has 5 rings (SSSR count). The third kappa shape index (κ3) is 8.21. The summed E-state index contributed by atoms with van der Waals surface area (Å²) in [5.74, 6) is -4.33. The molecule has 3 aromatic carbocycles. The second-order valence-electron chi connectivity index (χ2n) is 10.8. The molecule has 2 aliphatic rings. The maximum atomic E-state index is 13.9. The molecule has 1 unspecified atom stereocenters. The lowest BCUT2D eigenvalue weighted by molar-refractivity contribution is -0.113. The molecule has 2 N–H and O–H groups in total. The molecule has 0 bridgehead atoms. The van der Waals surface area contributed by atoms with Crippen molar-refractivity contribution >= 4 is 23.8 Å². The fraction of sp³-hybridized carbons (Fsp3) is 0.294. The van der Waals surface area contributed by atoms with Gasteiger partial charge in [0.25, 0.3) is 5.91 Å². The molecule has 0 aromatic heterocycles. The van der Waals surface area contributed by atoms with Gasteiger partial charge in [0.2, 0.25) is 0 Å². The van der Waals surface area contributed by atoms with Gasteiger partial charge in [-0.25, -0.2) is 17.6 Å². The number of hydrogen-bond acceptors (Lipinski definition) is 5. The zero-order valence-electron chi connectivity index (χ0n) is 23.9. The van der Waals surface area contributed by atoms with Crippen molar-refractivity contribution in [1.82, 2.24) is 10.6 Å². The van der Waals surface area contributed by atoms with Crippen molar-refractivity contribution in [2.45, 2.75) is 37.8 Å². The maximum absolute atomic E-state index is 13.9. The average molecular weight is 609 g/mol. The summed E-state index contributed by atoms with van der Waals surface area (Å²) in [6, 6.07) is 12.7. The first-order valence-corrected chi connectivity index (χ1v) is 14.5. The first-order chi connectivity index (χ1) is 21.2. The summed E-state index contributed by atoms with van der Waals surface area (Å²) < 4.78 is 66.0. The number of rotatable bonds is 10. The third-order valence-corrected chi connectivity index (χ3v) is 7.48. The number of halogens is 4. The Morgan fingerprint density at radius 2 is 1.48 bits per heavy atom. The summed E-state index contributed by atoms with van der Waals surface area (Å²) in [6.07, 6.45) is 5.52. The Hall–Kier alpha value is -4.28.